The second-order valence-electron chi connectivity index (χ2n) is 4.27. The minimum atomic E-state index is -4.04. The first kappa shape index (κ1) is 15.3. The van der Waals surface area contributed by atoms with Gasteiger partial charge in [-0.3, -0.25) is 9.52 Å². The molecule has 2 N–H and O–H groups in total. The van der Waals surface area contributed by atoms with E-state index in [0.29, 0.717) is 0 Å². The molecule has 0 atom stereocenters. The molecule has 0 aliphatic heterocycles. The zero-order valence-corrected chi connectivity index (χ0v) is 12.5. The van der Waals surface area contributed by atoms with Crippen molar-refractivity contribution in [2.45, 2.75) is 9.79 Å². The van der Waals surface area contributed by atoms with Crippen LogP contribution in [0.2, 0.25) is 0 Å². The summed E-state index contributed by atoms with van der Waals surface area (Å²) in [6.45, 7) is 0. The number of sulfonamides is 1. The Kier molecular flexibility index (Phi) is 3.88. The second-order valence-corrected chi connectivity index (χ2v) is 7.94. The predicted molar refractivity (Wildman–Crippen MR) is 77.4 cm³/mol. The van der Waals surface area contributed by atoms with Crippen LogP contribution in [0.1, 0.15) is 0 Å². The highest BCUT2D eigenvalue weighted by Crippen LogP contribution is 2.16. The molecular weight excluding hydrogens is 316 g/mol. The maximum Gasteiger partial charge on any atom is 0.267 e. The number of aromatic amines is 1. The van der Waals surface area contributed by atoms with Crippen molar-refractivity contribution in [2.24, 2.45) is 0 Å². The van der Waals surface area contributed by atoms with Gasteiger partial charge in [0.25, 0.3) is 10.0 Å². The Balaban J connectivity index is 2.34. The highest BCUT2D eigenvalue weighted by molar-refractivity contribution is 7.92. The quantitative estimate of drug-likeness (QED) is 0.852. The first-order valence-corrected chi connectivity index (χ1v) is 9.08. The molecule has 0 aliphatic carbocycles. The molecule has 7 nitrogen and oxygen atoms in total. The van der Waals surface area contributed by atoms with Crippen molar-refractivity contribution in [3.05, 3.63) is 52.9 Å². The normalized spacial score (nSPS) is 12.0. The average molecular weight is 328 g/mol. The van der Waals surface area contributed by atoms with Crippen molar-refractivity contribution in [1.29, 1.82) is 0 Å². The van der Waals surface area contributed by atoms with Gasteiger partial charge in [0, 0.05) is 30.4 Å². The number of hydrogen-bond donors (Lipinski definition) is 2. The van der Waals surface area contributed by atoms with Crippen LogP contribution in [-0.2, 0) is 19.9 Å². The van der Waals surface area contributed by atoms with E-state index in [1.54, 1.807) is 0 Å². The Morgan fingerprint density at radius 2 is 1.62 bits per heavy atom. The molecule has 0 saturated heterocycles. The van der Waals surface area contributed by atoms with Gasteiger partial charge >= 0.3 is 0 Å². The summed E-state index contributed by atoms with van der Waals surface area (Å²) in [4.78, 5) is 13.7. The van der Waals surface area contributed by atoms with Crippen molar-refractivity contribution in [1.82, 2.24) is 4.98 Å². The number of nitrogens with one attached hydrogen (secondary N) is 2. The van der Waals surface area contributed by atoms with E-state index in [1.807, 2.05) is 0 Å². The number of rotatable bonds is 4. The molecule has 0 bridgehead atoms. The summed E-state index contributed by atoms with van der Waals surface area (Å²) in [6, 6.07) is 6.28. The molecule has 0 saturated carbocycles. The van der Waals surface area contributed by atoms with Crippen LogP contribution in [0.25, 0.3) is 0 Å². The average Bonchev–Trinajstić information content (AvgIpc) is 2.38. The number of anilines is 1. The molecular formula is C12H12N2O5S2. The van der Waals surface area contributed by atoms with E-state index < -0.39 is 30.2 Å². The number of H-pyrrole nitrogens is 1. The molecule has 0 aliphatic rings. The predicted octanol–water partition coefficient (Wildman–Crippen LogP) is 0.579. The number of benzene rings is 1. The summed E-state index contributed by atoms with van der Waals surface area (Å²) in [5.41, 5.74) is -0.486. The Labute approximate surface area is 121 Å². The maximum absolute atomic E-state index is 12.1. The van der Waals surface area contributed by atoms with Gasteiger partial charge in [-0.1, -0.05) is 0 Å². The van der Waals surface area contributed by atoms with Crippen molar-refractivity contribution in [2.75, 3.05) is 11.0 Å². The van der Waals surface area contributed by atoms with E-state index in [4.69, 9.17) is 0 Å². The third kappa shape index (κ3) is 3.50. The van der Waals surface area contributed by atoms with Gasteiger partial charge in [-0.05, 0) is 24.3 Å². The van der Waals surface area contributed by atoms with Crippen molar-refractivity contribution >= 4 is 25.5 Å². The molecule has 1 heterocycles. The number of hydrogen-bond acceptors (Lipinski definition) is 5. The van der Waals surface area contributed by atoms with E-state index in [2.05, 4.69) is 9.71 Å². The molecule has 1 aromatic heterocycles. The van der Waals surface area contributed by atoms with E-state index in [1.165, 1.54) is 30.5 Å². The van der Waals surface area contributed by atoms with Gasteiger partial charge in [-0.15, -0.1) is 0 Å². The number of aromatic nitrogens is 1. The third-order valence-electron chi connectivity index (χ3n) is 2.61. The Hall–Kier alpha value is -2.13. The first-order valence-electron chi connectivity index (χ1n) is 5.70. The van der Waals surface area contributed by atoms with E-state index in [9.17, 15) is 21.6 Å². The van der Waals surface area contributed by atoms with Crippen LogP contribution in [0, 0.1) is 0 Å². The summed E-state index contributed by atoms with van der Waals surface area (Å²) in [7, 11) is -7.39. The van der Waals surface area contributed by atoms with E-state index in [-0.39, 0.29) is 10.6 Å². The number of sulfone groups is 1. The standard InChI is InChI=1S/C12H12N2O5S2/c1-20(16,17)10-4-2-9(3-5-10)14-21(18,19)12-8-13-7-6-11(12)15/h2-8,14H,1H3,(H,13,15). The third-order valence-corrected chi connectivity index (χ3v) is 5.14. The van der Waals surface area contributed by atoms with Crippen LogP contribution in [-0.4, -0.2) is 28.1 Å². The molecule has 21 heavy (non-hydrogen) atoms. The molecule has 0 unspecified atom stereocenters. The number of pyridine rings is 1. The summed E-state index contributed by atoms with van der Waals surface area (Å²) >= 11 is 0. The molecule has 0 spiro atoms. The molecule has 0 radical (unpaired) electrons. The molecule has 2 rings (SSSR count). The van der Waals surface area contributed by atoms with Gasteiger partial charge in [0.05, 0.1) is 4.90 Å². The molecule has 112 valence electrons. The Morgan fingerprint density at radius 1 is 1.00 bits per heavy atom. The smallest absolute Gasteiger partial charge is 0.267 e. The minimum Gasteiger partial charge on any atom is -0.366 e. The summed E-state index contributed by atoms with van der Waals surface area (Å²) < 4.78 is 48.9. The summed E-state index contributed by atoms with van der Waals surface area (Å²) in [5, 5.41) is 0. The first-order chi connectivity index (χ1) is 9.70. The topological polar surface area (TPSA) is 113 Å². The lowest BCUT2D eigenvalue weighted by Crippen LogP contribution is -2.20. The molecule has 0 fully saturated rings. The van der Waals surface area contributed by atoms with Crippen LogP contribution in [0.15, 0.2) is 57.3 Å². The van der Waals surface area contributed by atoms with Gasteiger partial charge in [0.15, 0.2) is 14.7 Å². The lowest BCUT2D eigenvalue weighted by Gasteiger charge is -2.07. The van der Waals surface area contributed by atoms with Crippen LogP contribution in [0.4, 0.5) is 5.69 Å². The van der Waals surface area contributed by atoms with Crippen molar-refractivity contribution < 1.29 is 16.8 Å². The molecule has 1 aromatic carbocycles. The fourth-order valence-corrected chi connectivity index (χ4v) is 3.33. The van der Waals surface area contributed by atoms with Gasteiger partial charge in [0.1, 0.15) is 0 Å². The van der Waals surface area contributed by atoms with Gasteiger partial charge in [0.2, 0.25) is 5.43 Å². The van der Waals surface area contributed by atoms with Crippen molar-refractivity contribution in [3.63, 3.8) is 0 Å². The maximum atomic E-state index is 12.1. The van der Waals surface area contributed by atoms with Crippen molar-refractivity contribution in [3.8, 4) is 0 Å². The van der Waals surface area contributed by atoms with Crippen LogP contribution >= 0.6 is 0 Å². The zero-order chi connectivity index (χ0) is 15.7. The Morgan fingerprint density at radius 3 is 2.14 bits per heavy atom. The van der Waals surface area contributed by atoms with Crippen LogP contribution in [0.3, 0.4) is 0 Å². The van der Waals surface area contributed by atoms with E-state index in [0.717, 1.165) is 18.5 Å². The largest absolute Gasteiger partial charge is 0.366 e. The highest BCUT2D eigenvalue weighted by atomic mass is 32.2. The fourth-order valence-electron chi connectivity index (χ4n) is 1.59. The Bertz CT molecular complexity index is 913. The monoisotopic (exact) mass is 328 g/mol. The summed E-state index contributed by atoms with van der Waals surface area (Å²) in [6.07, 6.45) is 3.45. The molecule has 0 amide bonds. The summed E-state index contributed by atoms with van der Waals surface area (Å²) in [5.74, 6) is 0. The fraction of sp³-hybridized carbons (Fsp3) is 0.0833. The van der Waals surface area contributed by atoms with Gasteiger partial charge < -0.3 is 4.98 Å². The van der Waals surface area contributed by atoms with Crippen LogP contribution in [0.5, 0.6) is 0 Å². The minimum absolute atomic E-state index is 0.0722. The highest BCUT2D eigenvalue weighted by Gasteiger charge is 2.18. The van der Waals surface area contributed by atoms with E-state index >= 15 is 0 Å². The lowest BCUT2D eigenvalue weighted by molar-refractivity contribution is 0.599. The SMILES string of the molecule is CS(=O)(=O)c1ccc(NS(=O)(=O)c2c[nH]ccc2=O)cc1. The molecule has 9 heteroatoms. The molecule has 2 aromatic rings. The van der Waals surface area contributed by atoms with Gasteiger partial charge in [-0.25, -0.2) is 16.8 Å². The zero-order valence-electron chi connectivity index (χ0n) is 10.9. The lowest BCUT2D eigenvalue weighted by atomic mass is 10.3. The van der Waals surface area contributed by atoms with Crippen LogP contribution < -0.4 is 10.2 Å². The van der Waals surface area contributed by atoms with Gasteiger partial charge in [-0.2, -0.15) is 0 Å². The second kappa shape index (κ2) is 5.34.